The number of aromatic nitrogens is 1. The van der Waals surface area contributed by atoms with Crippen LogP contribution in [0.15, 0.2) is 83.9 Å². The van der Waals surface area contributed by atoms with Gasteiger partial charge in [-0.3, -0.25) is 9.59 Å². The van der Waals surface area contributed by atoms with E-state index in [-0.39, 0.29) is 29.1 Å². The number of para-hydroxylation sites is 1. The SMILES string of the molecule is CC(C)(C)NS(=O)(=O)c1ccc(CC(=O)[C@H](Cc2c[nH]c3ccccc23)NC(=O)c2ccc(F)cc2)cc1. The van der Waals surface area contributed by atoms with Crippen LogP contribution in [0.5, 0.6) is 0 Å². The fourth-order valence-corrected chi connectivity index (χ4v) is 5.60. The van der Waals surface area contributed by atoms with Crippen molar-refractivity contribution in [3.63, 3.8) is 0 Å². The quantitative estimate of drug-likeness (QED) is 0.293. The number of aromatic amines is 1. The van der Waals surface area contributed by atoms with Crippen LogP contribution in [0.4, 0.5) is 4.39 Å². The number of hydrogen-bond acceptors (Lipinski definition) is 4. The fraction of sp³-hybridized carbons (Fsp3) is 0.241. The molecule has 3 aromatic carbocycles. The van der Waals surface area contributed by atoms with Gasteiger partial charge < -0.3 is 10.3 Å². The zero-order valence-electron chi connectivity index (χ0n) is 21.4. The summed E-state index contributed by atoms with van der Waals surface area (Å²) in [6.07, 6.45) is 2.05. The van der Waals surface area contributed by atoms with Crippen LogP contribution < -0.4 is 10.0 Å². The standard InChI is InChI=1S/C29H30FN3O4S/c1-29(2,3)33-38(36,37)23-14-8-19(9-15-23)16-27(34)26(32-28(35)20-10-12-22(30)13-11-20)17-21-18-31-25-7-5-4-6-24(21)25/h4-15,18,26,31,33H,16-17H2,1-3H3,(H,32,35)/t26-/m0/s1. The second-order valence-electron chi connectivity index (χ2n) is 10.2. The molecule has 0 saturated carbocycles. The molecule has 9 heteroatoms. The third-order valence-electron chi connectivity index (χ3n) is 5.95. The van der Waals surface area contributed by atoms with Crippen LogP contribution in [0.1, 0.15) is 42.3 Å². The first-order chi connectivity index (χ1) is 17.9. The van der Waals surface area contributed by atoms with E-state index in [9.17, 15) is 22.4 Å². The normalized spacial score (nSPS) is 12.8. The maximum atomic E-state index is 13.4. The van der Waals surface area contributed by atoms with Crippen molar-refractivity contribution in [1.82, 2.24) is 15.0 Å². The summed E-state index contributed by atoms with van der Waals surface area (Å²) in [7, 11) is -3.71. The minimum atomic E-state index is -3.71. The molecule has 1 atom stereocenters. The number of nitrogens with one attached hydrogen (secondary N) is 3. The van der Waals surface area contributed by atoms with Gasteiger partial charge in [0.2, 0.25) is 10.0 Å². The highest BCUT2D eigenvalue weighted by Crippen LogP contribution is 2.21. The van der Waals surface area contributed by atoms with E-state index in [0.29, 0.717) is 5.56 Å². The Kier molecular flexibility index (Phi) is 7.80. The zero-order valence-corrected chi connectivity index (χ0v) is 22.2. The molecule has 1 amide bonds. The van der Waals surface area contributed by atoms with Crippen LogP contribution in [0.3, 0.4) is 0 Å². The summed E-state index contributed by atoms with van der Waals surface area (Å²) < 4.78 is 41.1. The Morgan fingerprint density at radius 2 is 1.61 bits per heavy atom. The van der Waals surface area contributed by atoms with Crippen molar-refractivity contribution in [2.45, 2.75) is 50.1 Å². The maximum absolute atomic E-state index is 13.4. The van der Waals surface area contributed by atoms with Crippen LogP contribution in [0.2, 0.25) is 0 Å². The molecule has 198 valence electrons. The van der Waals surface area contributed by atoms with E-state index in [4.69, 9.17) is 0 Å². The van der Waals surface area contributed by atoms with Crippen molar-refractivity contribution >= 4 is 32.6 Å². The lowest BCUT2D eigenvalue weighted by Gasteiger charge is -2.20. The number of fused-ring (bicyclic) bond motifs is 1. The minimum Gasteiger partial charge on any atom is -0.361 e. The number of Topliss-reactive ketones (excluding diaryl/α,β-unsaturated/α-hetero) is 1. The van der Waals surface area contributed by atoms with Crippen molar-refractivity contribution in [3.8, 4) is 0 Å². The third-order valence-corrected chi connectivity index (χ3v) is 7.73. The molecule has 4 rings (SSSR count). The molecule has 0 radical (unpaired) electrons. The van der Waals surface area contributed by atoms with Crippen molar-refractivity contribution < 1.29 is 22.4 Å². The van der Waals surface area contributed by atoms with Gasteiger partial charge in [-0.25, -0.2) is 17.5 Å². The maximum Gasteiger partial charge on any atom is 0.251 e. The largest absolute Gasteiger partial charge is 0.361 e. The highest BCUT2D eigenvalue weighted by molar-refractivity contribution is 7.89. The number of carbonyl (C=O) groups excluding carboxylic acids is 2. The van der Waals surface area contributed by atoms with Crippen LogP contribution >= 0.6 is 0 Å². The zero-order chi connectivity index (χ0) is 27.5. The second kappa shape index (κ2) is 10.9. The smallest absolute Gasteiger partial charge is 0.251 e. The van der Waals surface area contributed by atoms with E-state index in [0.717, 1.165) is 16.5 Å². The Bertz CT molecular complexity index is 1550. The van der Waals surface area contributed by atoms with E-state index in [1.54, 1.807) is 32.9 Å². The van der Waals surface area contributed by atoms with Gasteiger partial charge in [0.1, 0.15) is 5.82 Å². The Morgan fingerprint density at radius 3 is 2.26 bits per heavy atom. The predicted octanol–water partition coefficient (Wildman–Crippen LogP) is 4.54. The molecule has 38 heavy (non-hydrogen) atoms. The van der Waals surface area contributed by atoms with Gasteiger partial charge in [-0.1, -0.05) is 30.3 Å². The lowest BCUT2D eigenvalue weighted by molar-refractivity contribution is -0.120. The van der Waals surface area contributed by atoms with E-state index in [1.807, 2.05) is 30.5 Å². The highest BCUT2D eigenvalue weighted by atomic mass is 32.2. The van der Waals surface area contributed by atoms with Gasteiger partial charge in [0, 0.05) is 41.0 Å². The molecule has 7 nitrogen and oxygen atoms in total. The van der Waals surface area contributed by atoms with Crippen LogP contribution in [0.25, 0.3) is 10.9 Å². The number of benzene rings is 3. The number of halogens is 1. The van der Waals surface area contributed by atoms with Crippen LogP contribution in [-0.2, 0) is 27.7 Å². The van der Waals surface area contributed by atoms with Crippen LogP contribution in [0, 0.1) is 5.82 Å². The average molecular weight is 536 g/mol. The van der Waals surface area contributed by atoms with Crippen molar-refractivity contribution in [2.24, 2.45) is 0 Å². The summed E-state index contributed by atoms with van der Waals surface area (Å²) in [5.41, 5.74) is 2.01. The topological polar surface area (TPSA) is 108 Å². The molecule has 3 N–H and O–H groups in total. The number of carbonyl (C=O) groups is 2. The predicted molar refractivity (Wildman–Crippen MR) is 145 cm³/mol. The summed E-state index contributed by atoms with van der Waals surface area (Å²) >= 11 is 0. The number of sulfonamides is 1. The molecule has 0 aliphatic carbocycles. The van der Waals surface area contributed by atoms with Gasteiger partial charge in [0.25, 0.3) is 5.91 Å². The minimum absolute atomic E-state index is 0.0102. The number of amides is 1. The Balaban J connectivity index is 1.55. The first-order valence-corrected chi connectivity index (χ1v) is 13.7. The summed E-state index contributed by atoms with van der Waals surface area (Å²) in [6, 6.07) is 18.0. The Morgan fingerprint density at radius 1 is 0.947 bits per heavy atom. The first kappa shape index (κ1) is 27.2. The molecule has 0 fully saturated rings. The summed E-state index contributed by atoms with van der Waals surface area (Å²) in [5, 5.41) is 3.75. The lowest BCUT2D eigenvalue weighted by atomic mass is 9.97. The molecule has 0 aliphatic heterocycles. The third kappa shape index (κ3) is 6.73. The van der Waals surface area contributed by atoms with Crippen molar-refractivity contribution in [1.29, 1.82) is 0 Å². The van der Waals surface area contributed by atoms with E-state index >= 15 is 0 Å². The number of ketones is 1. The van der Waals surface area contributed by atoms with Gasteiger partial charge >= 0.3 is 0 Å². The number of H-pyrrole nitrogens is 1. The molecule has 0 aliphatic rings. The van der Waals surface area contributed by atoms with Crippen LogP contribution in [-0.4, -0.2) is 36.7 Å². The van der Waals surface area contributed by atoms with Gasteiger partial charge in [-0.05, 0) is 74.4 Å². The molecule has 0 saturated heterocycles. The van der Waals surface area contributed by atoms with Gasteiger partial charge in [0.05, 0.1) is 10.9 Å². The van der Waals surface area contributed by atoms with E-state index < -0.39 is 33.3 Å². The molecule has 1 heterocycles. The van der Waals surface area contributed by atoms with Gasteiger partial charge in [-0.15, -0.1) is 0 Å². The van der Waals surface area contributed by atoms with Gasteiger partial charge in [0.15, 0.2) is 5.78 Å². The number of hydrogen-bond donors (Lipinski definition) is 3. The molecule has 4 aromatic rings. The van der Waals surface area contributed by atoms with Crippen molar-refractivity contribution in [3.05, 3.63) is 102 Å². The average Bonchev–Trinajstić information content (AvgIpc) is 3.25. The Hall–Kier alpha value is -3.82. The Labute approximate surface area is 221 Å². The van der Waals surface area contributed by atoms with Crippen molar-refractivity contribution in [2.75, 3.05) is 0 Å². The summed E-state index contributed by atoms with van der Waals surface area (Å²) in [6.45, 7) is 5.27. The fourth-order valence-electron chi connectivity index (χ4n) is 4.18. The molecule has 1 aromatic heterocycles. The monoisotopic (exact) mass is 535 g/mol. The molecular formula is C29H30FN3O4S. The molecule has 0 spiro atoms. The summed E-state index contributed by atoms with van der Waals surface area (Å²) in [4.78, 5) is 29.6. The lowest BCUT2D eigenvalue weighted by Crippen LogP contribution is -2.43. The first-order valence-electron chi connectivity index (χ1n) is 12.2. The molecule has 0 bridgehead atoms. The van der Waals surface area contributed by atoms with Gasteiger partial charge in [-0.2, -0.15) is 0 Å². The van der Waals surface area contributed by atoms with E-state index in [2.05, 4.69) is 15.0 Å². The van der Waals surface area contributed by atoms with E-state index in [1.165, 1.54) is 36.4 Å². The second-order valence-corrected chi connectivity index (χ2v) is 11.9. The summed E-state index contributed by atoms with van der Waals surface area (Å²) in [5.74, 6) is -1.19. The highest BCUT2D eigenvalue weighted by Gasteiger charge is 2.25. The number of rotatable bonds is 9. The molecule has 0 unspecified atom stereocenters. The molecular weight excluding hydrogens is 505 g/mol.